The topological polar surface area (TPSA) is 43.8 Å². The lowest BCUT2D eigenvalue weighted by Gasteiger charge is -2.20. The molecule has 0 amide bonds. The van der Waals surface area contributed by atoms with Crippen molar-refractivity contribution in [3.05, 3.63) is 48.0 Å². The van der Waals surface area contributed by atoms with Gasteiger partial charge in [-0.05, 0) is 13.0 Å². The molecule has 2 rings (SSSR count). The van der Waals surface area contributed by atoms with Crippen LogP contribution < -0.4 is 5.73 Å². The highest BCUT2D eigenvalue weighted by Crippen LogP contribution is 2.37. The molecule has 96 valence electrons. The summed E-state index contributed by atoms with van der Waals surface area (Å²) in [5, 5.41) is 0.688. The molecule has 0 aliphatic rings. The second-order valence-corrected chi connectivity index (χ2v) is 5.35. The summed E-state index contributed by atoms with van der Waals surface area (Å²) in [5.74, 6) is -0.221. The van der Waals surface area contributed by atoms with Crippen molar-refractivity contribution in [3.63, 3.8) is 0 Å². The summed E-state index contributed by atoms with van der Waals surface area (Å²) in [5.41, 5.74) is 6.61. The van der Waals surface area contributed by atoms with Crippen molar-refractivity contribution in [1.82, 2.24) is 9.55 Å². The van der Waals surface area contributed by atoms with E-state index in [0.29, 0.717) is 5.56 Å². The number of thioether (sulfide) groups is 1. The van der Waals surface area contributed by atoms with Gasteiger partial charge in [-0.2, -0.15) is 0 Å². The first kappa shape index (κ1) is 13.1. The fourth-order valence-electron chi connectivity index (χ4n) is 1.74. The summed E-state index contributed by atoms with van der Waals surface area (Å²) >= 11 is 1.48. The molecule has 18 heavy (non-hydrogen) atoms. The van der Waals surface area contributed by atoms with Gasteiger partial charge in [0, 0.05) is 31.0 Å². The predicted molar refractivity (Wildman–Crippen MR) is 71.9 cm³/mol. The highest BCUT2D eigenvalue weighted by atomic mass is 32.2. The summed E-state index contributed by atoms with van der Waals surface area (Å²) in [7, 11) is 1.91. The molecular formula is C13H16FN3S. The third kappa shape index (κ3) is 2.73. The lowest BCUT2D eigenvalue weighted by Crippen LogP contribution is -2.23. The van der Waals surface area contributed by atoms with Crippen molar-refractivity contribution in [2.75, 3.05) is 0 Å². The Morgan fingerprint density at radius 3 is 2.67 bits per heavy atom. The van der Waals surface area contributed by atoms with E-state index in [0.717, 1.165) is 5.16 Å². The molecule has 0 spiro atoms. The highest BCUT2D eigenvalue weighted by molar-refractivity contribution is 7.99. The minimum Gasteiger partial charge on any atom is -0.329 e. The van der Waals surface area contributed by atoms with Crippen LogP contribution in [0.25, 0.3) is 0 Å². The van der Waals surface area contributed by atoms with Gasteiger partial charge in [-0.25, -0.2) is 9.37 Å². The minimum absolute atomic E-state index is 0.146. The van der Waals surface area contributed by atoms with Crippen molar-refractivity contribution in [1.29, 1.82) is 0 Å². The van der Waals surface area contributed by atoms with Gasteiger partial charge in [0.25, 0.3) is 0 Å². The maximum atomic E-state index is 13.8. The van der Waals surface area contributed by atoms with E-state index in [1.165, 1.54) is 17.8 Å². The molecule has 0 aliphatic heterocycles. The monoisotopic (exact) mass is 265 g/mol. The Labute approximate surface area is 110 Å². The lowest BCUT2D eigenvalue weighted by molar-refractivity contribution is 0.591. The predicted octanol–water partition coefficient (Wildman–Crippen LogP) is 2.74. The summed E-state index contributed by atoms with van der Waals surface area (Å²) < 4.78 is 15.7. The molecule has 0 fully saturated rings. The number of nitrogens with two attached hydrogens (primary N) is 1. The minimum atomic E-state index is -0.221. The smallest absolute Gasteiger partial charge is 0.168 e. The first-order valence-electron chi connectivity index (χ1n) is 5.73. The molecule has 3 nitrogen and oxygen atoms in total. The molecule has 2 aromatic rings. The Kier molecular flexibility index (Phi) is 4.04. The highest BCUT2D eigenvalue weighted by Gasteiger charge is 2.22. The Hall–Kier alpha value is -1.33. The molecule has 1 aromatic carbocycles. The van der Waals surface area contributed by atoms with E-state index in [4.69, 9.17) is 5.73 Å². The van der Waals surface area contributed by atoms with Gasteiger partial charge >= 0.3 is 0 Å². The summed E-state index contributed by atoms with van der Waals surface area (Å²) in [6.07, 6.45) is 3.59. The first-order chi connectivity index (χ1) is 8.59. The van der Waals surface area contributed by atoms with Gasteiger partial charge in [0.15, 0.2) is 5.16 Å². The van der Waals surface area contributed by atoms with Gasteiger partial charge in [0.2, 0.25) is 0 Å². The second-order valence-electron chi connectivity index (χ2n) is 4.24. The number of imidazole rings is 1. The fraction of sp³-hybridized carbons (Fsp3) is 0.308. The first-order valence-corrected chi connectivity index (χ1v) is 6.61. The zero-order chi connectivity index (χ0) is 13.1. The molecule has 2 unspecified atom stereocenters. The van der Waals surface area contributed by atoms with Gasteiger partial charge < -0.3 is 10.3 Å². The Morgan fingerprint density at radius 2 is 2.11 bits per heavy atom. The van der Waals surface area contributed by atoms with Crippen molar-refractivity contribution in [3.8, 4) is 0 Å². The van der Waals surface area contributed by atoms with Crippen LogP contribution in [0.4, 0.5) is 4.39 Å². The van der Waals surface area contributed by atoms with E-state index in [2.05, 4.69) is 4.98 Å². The number of nitrogens with zero attached hydrogens (tertiary/aromatic N) is 2. The zero-order valence-corrected chi connectivity index (χ0v) is 11.2. The van der Waals surface area contributed by atoms with Gasteiger partial charge in [-0.1, -0.05) is 30.0 Å². The summed E-state index contributed by atoms with van der Waals surface area (Å²) in [6.45, 7) is 1.88. The third-order valence-corrected chi connectivity index (χ3v) is 4.24. The van der Waals surface area contributed by atoms with Crippen molar-refractivity contribution in [2.45, 2.75) is 23.4 Å². The Bertz CT molecular complexity index is 524. The molecule has 0 radical (unpaired) electrons. The summed E-state index contributed by atoms with van der Waals surface area (Å²) in [6, 6.07) is 6.58. The van der Waals surface area contributed by atoms with Gasteiger partial charge in [0.1, 0.15) is 5.82 Å². The van der Waals surface area contributed by atoms with Crippen LogP contribution in [0.1, 0.15) is 17.7 Å². The van der Waals surface area contributed by atoms with Crippen LogP contribution in [0, 0.1) is 5.82 Å². The van der Waals surface area contributed by atoms with Crippen LogP contribution in [0.5, 0.6) is 0 Å². The van der Waals surface area contributed by atoms with Crippen molar-refractivity contribution in [2.24, 2.45) is 12.8 Å². The van der Waals surface area contributed by atoms with Crippen molar-refractivity contribution >= 4 is 11.8 Å². The molecule has 0 saturated carbocycles. The van der Waals surface area contributed by atoms with E-state index in [1.807, 2.05) is 30.8 Å². The Morgan fingerprint density at radius 1 is 1.39 bits per heavy atom. The SMILES string of the molecule is CC(N)C(Sc1nccn1C)c1ccccc1F. The Balaban J connectivity index is 2.30. The van der Waals surface area contributed by atoms with E-state index < -0.39 is 0 Å². The number of halogens is 1. The largest absolute Gasteiger partial charge is 0.329 e. The molecule has 1 heterocycles. The third-order valence-electron chi connectivity index (χ3n) is 2.70. The van der Waals surface area contributed by atoms with E-state index in [9.17, 15) is 4.39 Å². The summed E-state index contributed by atoms with van der Waals surface area (Å²) in [4.78, 5) is 4.24. The molecule has 0 bridgehead atoms. The van der Waals surface area contributed by atoms with Crippen LogP contribution in [0.2, 0.25) is 0 Å². The molecule has 2 atom stereocenters. The van der Waals surface area contributed by atoms with E-state index >= 15 is 0 Å². The average Bonchev–Trinajstić information content (AvgIpc) is 2.73. The maximum absolute atomic E-state index is 13.8. The number of aromatic nitrogens is 2. The average molecular weight is 265 g/mol. The van der Waals surface area contributed by atoms with E-state index in [-0.39, 0.29) is 17.1 Å². The van der Waals surface area contributed by atoms with Crippen molar-refractivity contribution < 1.29 is 4.39 Å². The van der Waals surface area contributed by atoms with Gasteiger partial charge in [-0.3, -0.25) is 0 Å². The molecule has 0 aliphatic carbocycles. The fourth-order valence-corrected chi connectivity index (χ4v) is 2.85. The maximum Gasteiger partial charge on any atom is 0.168 e. The van der Waals surface area contributed by atoms with Crippen LogP contribution in [-0.4, -0.2) is 15.6 Å². The zero-order valence-electron chi connectivity index (χ0n) is 10.4. The van der Waals surface area contributed by atoms with Crippen LogP contribution in [0.3, 0.4) is 0 Å². The quantitative estimate of drug-likeness (QED) is 0.864. The van der Waals surface area contributed by atoms with Crippen LogP contribution in [0.15, 0.2) is 41.8 Å². The second kappa shape index (κ2) is 5.54. The number of benzene rings is 1. The molecule has 2 N–H and O–H groups in total. The van der Waals surface area contributed by atoms with Gasteiger partial charge in [-0.15, -0.1) is 0 Å². The number of hydrogen-bond acceptors (Lipinski definition) is 3. The molecule has 0 saturated heterocycles. The number of hydrogen-bond donors (Lipinski definition) is 1. The van der Waals surface area contributed by atoms with Gasteiger partial charge in [0.05, 0.1) is 5.25 Å². The molecule has 1 aromatic heterocycles. The van der Waals surface area contributed by atoms with E-state index in [1.54, 1.807) is 18.3 Å². The number of aryl methyl sites for hydroxylation is 1. The normalized spacial score (nSPS) is 14.4. The molecular weight excluding hydrogens is 249 g/mol. The standard InChI is InChI=1S/C13H16FN3S/c1-9(15)12(10-5-3-4-6-11(10)14)18-13-16-7-8-17(13)2/h3-9,12H,15H2,1-2H3. The van der Waals surface area contributed by atoms with Crippen LogP contribution >= 0.6 is 11.8 Å². The number of rotatable bonds is 4. The molecule has 5 heteroatoms. The lowest BCUT2D eigenvalue weighted by atomic mass is 10.1. The van der Waals surface area contributed by atoms with Crippen LogP contribution in [-0.2, 0) is 7.05 Å².